The maximum Gasteiger partial charge on any atom is 0.295 e. The molecule has 3 nitrogen and oxygen atoms in total. The van der Waals surface area contributed by atoms with Gasteiger partial charge in [-0.3, -0.25) is 0 Å². The van der Waals surface area contributed by atoms with Gasteiger partial charge in [0.15, 0.2) is 5.58 Å². The van der Waals surface area contributed by atoms with Crippen LogP contribution in [0.3, 0.4) is 0 Å². The van der Waals surface area contributed by atoms with Gasteiger partial charge < -0.3 is 9.73 Å². The third-order valence-electron chi connectivity index (χ3n) is 2.91. The summed E-state index contributed by atoms with van der Waals surface area (Å²) in [5.74, 6) is -1.14. The Kier molecular flexibility index (Phi) is 3.33. The SMILES string of the molecule is Fc1cc(F)cc(CCNc2nc3ccccc3o2)c1. The highest BCUT2D eigenvalue weighted by Crippen LogP contribution is 2.18. The van der Waals surface area contributed by atoms with Crippen molar-refractivity contribution in [3.05, 3.63) is 59.7 Å². The summed E-state index contributed by atoms with van der Waals surface area (Å²) in [6.07, 6.45) is 0.480. The van der Waals surface area contributed by atoms with Gasteiger partial charge in [-0.1, -0.05) is 12.1 Å². The molecule has 0 spiro atoms. The van der Waals surface area contributed by atoms with Gasteiger partial charge in [0.05, 0.1) is 0 Å². The first-order valence-electron chi connectivity index (χ1n) is 6.25. The Morgan fingerprint density at radius 2 is 1.80 bits per heavy atom. The van der Waals surface area contributed by atoms with Crippen LogP contribution in [0.4, 0.5) is 14.8 Å². The lowest BCUT2D eigenvalue weighted by Crippen LogP contribution is -2.05. The van der Waals surface area contributed by atoms with Crippen LogP contribution >= 0.6 is 0 Å². The van der Waals surface area contributed by atoms with Gasteiger partial charge in [-0.15, -0.1) is 0 Å². The van der Waals surface area contributed by atoms with Crippen LogP contribution in [0.5, 0.6) is 0 Å². The summed E-state index contributed by atoms with van der Waals surface area (Å²) in [5.41, 5.74) is 2.06. The van der Waals surface area contributed by atoms with Crippen LogP contribution in [0.25, 0.3) is 11.1 Å². The van der Waals surface area contributed by atoms with E-state index in [0.29, 0.717) is 30.1 Å². The topological polar surface area (TPSA) is 38.1 Å². The van der Waals surface area contributed by atoms with Crippen LogP contribution in [0.2, 0.25) is 0 Å². The zero-order chi connectivity index (χ0) is 13.9. The van der Waals surface area contributed by atoms with Crippen LogP contribution in [0.1, 0.15) is 5.56 Å². The zero-order valence-corrected chi connectivity index (χ0v) is 10.6. The van der Waals surface area contributed by atoms with Crippen LogP contribution < -0.4 is 5.32 Å². The number of aromatic nitrogens is 1. The van der Waals surface area contributed by atoms with Crippen molar-refractivity contribution in [1.82, 2.24) is 4.98 Å². The van der Waals surface area contributed by atoms with Crippen molar-refractivity contribution >= 4 is 17.1 Å². The van der Waals surface area contributed by atoms with Crippen LogP contribution in [-0.2, 0) is 6.42 Å². The molecule has 3 aromatic rings. The van der Waals surface area contributed by atoms with E-state index in [4.69, 9.17) is 4.42 Å². The Morgan fingerprint density at radius 3 is 2.55 bits per heavy atom. The van der Waals surface area contributed by atoms with Gasteiger partial charge in [-0.25, -0.2) is 8.78 Å². The molecule has 0 saturated heterocycles. The fourth-order valence-corrected chi connectivity index (χ4v) is 2.02. The largest absolute Gasteiger partial charge is 0.424 e. The molecule has 2 aromatic carbocycles. The van der Waals surface area contributed by atoms with Gasteiger partial charge in [0.25, 0.3) is 6.01 Å². The molecule has 102 valence electrons. The molecule has 5 heteroatoms. The second kappa shape index (κ2) is 5.28. The molecule has 1 N–H and O–H groups in total. The highest BCUT2D eigenvalue weighted by molar-refractivity contribution is 5.74. The Hall–Kier alpha value is -2.43. The van der Waals surface area contributed by atoms with E-state index in [1.807, 2.05) is 24.3 Å². The number of anilines is 1. The summed E-state index contributed by atoms with van der Waals surface area (Å²) >= 11 is 0. The average Bonchev–Trinajstić information content (AvgIpc) is 2.80. The minimum absolute atomic E-state index is 0.406. The third-order valence-corrected chi connectivity index (χ3v) is 2.91. The Labute approximate surface area is 114 Å². The van der Waals surface area contributed by atoms with E-state index in [1.165, 1.54) is 12.1 Å². The lowest BCUT2D eigenvalue weighted by molar-refractivity contribution is 0.579. The molecule has 3 rings (SSSR count). The summed E-state index contributed by atoms with van der Waals surface area (Å²) in [5, 5.41) is 3.00. The van der Waals surface area contributed by atoms with Crippen molar-refractivity contribution in [3.8, 4) is 0 Å². The second-order valence-corrected chi connectivity index (χ2v) is 4.44. The van der Waals surface area contributed by atoms with Crippen molar-refractivity contribution < 1.29 is 13.2 Å². The summed E-state index contributed by atoms with van der Waals surface area (Å²) in [6, 6.07) is 11.3. The predicted octanol–water partition coefficient (Wildman–Crippen LogP) is 3.76. The molecular weight excluding hydrogens is 262 g/mol. The van der Waals surface area contributed by atoms with Gasteiger partial charge in [0.1, 0.15) is 17.2 Å². The van der Waals surface area contributed by atoms with Gasteiger partial charge in [-0.05, 0) is 36.2 Å². The number of para-hydroxylation sites is 2. The molecule has 0 saturated carbocycles. The lowest BCUT2D eigenvalue weighted by atomic mass is 10.1. The fraction of sp³-hybridized carbons (Fsp3) is 0.133. The number of nitrogens with zero attached hydrogens (tertiary/aromatic N) is 1. The van der Waals surface area contributed by atoms with Crippen molar-refractivity contribution in [2.75, 3.05) is 11.9 Å². The molecule has 0 radical (unpaired) electrons. The first kappa shape index (κ1) is 12.6. The smallest absolute Gasteiger partial charge is 0.295 e. The first-order chi connectivity index (χ1) is 9.70. The quantitative estimate of drug-likeness (QED) is 0.787. The molecule has 0 aliphatic heterocycles. The summed E-state index contributed by atoms with van der Waals surface area (Å²) in [4.78, 5) is 4.25. The van der Waals surface area contributed by atoms with E-state index >= 15 is 0 Å². The third kappa shape index (κ3) is 2.77. The van der Waals surface area contributed by atoms with Crippen LogP contribution in [0, 0.1) is 11.6 Å². The van der Waals surface area contributed by atoms with E-state index in [1.54, 1.807) is 0 Å². The number of benzene rings is 2. The van der Waals surface area contributed by atoms with Gasteiger partial charge in [0.2, 0.25) is 0 Å². The van der Waals surface area contributed by atoms with E-state index in [-0.39, 0.29) is 0 Å². The Balaban J connectivity index is 1.64. The van der Waals surface area contributed by atoms with Gasteiger partial charge in [-0.2, -0.15) is 4.98 Å². The minimum atomic E-state index is -0.568. The van der Waals surface area contributed by atoms with Crippen molar-refractivity contribution in [2.24, 2.45) is 0 Å². The van der Waals surface area contributed by atoms with Crippen molar-refractivity contribution in [3.63, 3.8) is 0 Å². The molecule has 0 atom stereocenters. The predicted molar refractivity (Wildman–Crippen MR) is 72.6 cm³/mol. The zero-order valence-electron chi connectivity index (χ0n) is 10.6. The molecule has 0 amide bonds. The number of rotatable bonds is 4. The lowest BCUT2D eigenvalue weighted by Gasteiger charge is -2.03. The normalized spacial score (nSPS) is 10.9. The maximum atomic E-state index is 13.0. The van der Waals surface area contributed by atoms with Gasteiger partial charge >= 0.3 is 0 Å². The second-order valence-electron chi connectivity index (χ2n) is 4.44. The number of oxazole rings is 1. The minimum Gasteiger partial charge on any atom is -0.424 e. The summed E-state index contributed by atoms with van der Waals surface area (Å²) in [6.45, 7) is 0.482. The number of nitrogens with one attached hydrogen (secondary N) is 1. The first-order valence-corrected chi connectivity index (χ1v) is 6.25. The van der Waals surface area contributed by atoms with Crippen molar-refractivity contribution in [2.45, 2.75) is 6.42 Å². The number of halogens is 2. The standard InChI is InChI=1S/C15H12F2N2O/c16-11-7-10(8-12(17)9-11)5-6-18-15-19-13-3-1-2-4-14(13)20-15/h1-4,7-9H,5-6H2,(H,18,19). The average molecular weight is 274 g/mol. The van der Waals surface area contributed by atoms with Gasteiger partial charge in [0, 0.05) is 12.6 Å². The van der Waals surface area contributed by atoms with E-state index < -0.39 is 11.6 Å². The Bertz CT molecular complexity index is 686. The molecule has 0 fully saturated rings. The van der Waals surface area contributed by atoms with E-state index in [0.717, 1.165) is 11.6 Å². The van der Waals surface area contributed by atoms with Crippen LogP contribution in [-0.4, -0.2) is 11.5 Å². The van der Waals surface area contributed by atoms with Crippen molar-refractivity contribution in [1.29, 1.82) is 0 Å². The molecule has 1 heterocycles. The number of fused-ring (bicyclic) bond motifs is 1. The van der Waals surface area contributed by atoms with E-state index in [2.05, 4.69) is 10.3 Å². The summed E-state index contributed by atoms with van der Waals surface area (Å²) < 4.78 is 31.5. The highest BCUT2D eigenvalue weighted by Gasteiger charge is 2.05. The molecule has 1 aromatic heterocycles. The monoisotopic (exact) mass is 274 g/mol. The maximum absolute atomic E-state index is 13.0. The number of hydrogen-bond donors (Lipinski definition) is 1. The Morgan fingerprint density at radius 1 is 1.05 bits per heavy atom. The molecule has 0 aliphatic rings. The molecule has 0 bridgehead atoms. The van der Waals surface area contributed by atoms with E-state index in [9.17, 15) is 8.78 Å². The van der Waals surface area contributed by atoms with Crippen LogP contribution in [0.15, 0.2) is 46.9 Å². The molecule has 0 unspecified atom stereocenters. The number of hydrogen-bond acceptors (Lipinski definition) is 3. The highest BCUT2D eigenvalue weighted by atomic mass is 19.1. The molecular formula is C15H12F2N2O. The fourth-order valence-electron chi connectivity index (χ4n) is 2.02. The molecule has 0 aliphatic carbocycles. The summed E-state index contributed by atoms with van der Waals surface area (Å²) in [7, 11) is 0. The molecule has 20 heavy (non-hydrogen) atoms.